The standard InChI is InChI=1S/C21H32F3NOSi/c1-17-15-25(16-18(2)26-17)13-9-5-3-4-6-10-14-27-20-12-8-7-11-19(20)21(22,23)24/h6-8,10-12,17-18H,3-5,9,13-16,27H2,1-2H3. The Bertz CT molecular complexity index is 581. The van der Waals surface area contributed by atoms with E-state index in [1.54, 1.807) is 12.1 Å². The molecule has 27 heavy (non-hydrogen) atoms. The zero-order valence-electron chi connectivity index (χ0n) is 16.5. The third-order valence-electron chi connectivity index (χ3n) is 4.91. The molecule has 0 spiro atoms. The molecule has 0 radical (unpaired) electrons. The minimum Gasteiger partial charge on any atom is -0.373 e. The lowest BCUT2D eigenvalue weighted by Gasteiger charge is -2.35. The molecular formula is C21H32F3NOSi. The largest absolute Gasteiger partial charge is 0.416 e. The molecule has 6 heteroatoms. The summed E-state index contributed by atoms with van der Waals surface area (Å²) < 4.78 is 44.7. The van der Waals surface area contributed by atoms with Gasteiger partial charge in [0.2, 0.25) is 0 Å². The Kier molecular flexibility index (Phi) is 9.06. The molecule has 2 atom stereocenters. The third kappa shape index (κ3) is 8.19. The first-order chi connectivity index (χ1) is 12.9. The Morgan fingerprint density at radius 2 is 1.78 bits per heavy atom. The van der Waals surface area contributed by atoms with Gasteiger partial charge in [-0.1, -0.05) is 48.0 Å². The number of halogens is 3. The van der Waals surface area contributed by atoms with Gasteiger partial charge in [-0.2, -0.15) is 13.2 Å². The van der Waals surface area contributed by atoms with Crippen LogP contribution in [0.5, 0.6) is 0 Å². The molecule has 1 aliphatic heterocycles. The van der Waals surface area contributed by atoms with Gasteiger partial charge in [-0.25, -0.2) is 0 Å². The second kappa shape index (κ2) is 11.0. The van der Waals surface area contributed by atoms with E-state index in [0.717, 1.165) is 38.5 Å². The van der Waals surface area contributed by atoms with Crippen LogP contribution in [0, 0.1) is 0 Å². The average molecular weight is 400 g/mol. The van der Waals surface area contributed by atoms with Gasteiger partial charge in [0.05, 0.1) is 27.3 Å². The highest BCUT2D eigenvalue weighted by Gasteiger charge is 2.32. The molecule has 0 aliphatic carbocycles. The Balaban J connectivity index is 1.57. The van der Waals surface area contributed by atoms with E-state index in [1.165, 1.54) is 25.0 Å². The van der Waals surface area contributed by atoms with E-state index in [9.17, 15) is 13.2 Å². The van der Waals surface area contributed by atoms with E-state index in [4.69, 9.17) is 4.74 Å². The van der Waals surface area contributed by atoms with Crippen LogP contribution in [0.1, 0.15) is 45.1 Å². The van der Waals surface area contributed by atoms with Crippen LogP contribution in [0.4, 0.5) is 13.2 Å². The molecule has 2 rings (SSSR count). The topological polar surface area (TPSA) is 12.5 Å². The van der Waals surface area contributed by atoms with E-state index < -0.39 is 21.3 Å². The minimum atomic E-state index is -4.23. The van der Waals surface area contributed by atoms with Crippen molar-refractivity contribution >= 4 is 14.7 Å². The Morgan fingerprint density at radius 1 is 1.07 bits per heavy atom. The van der Waals surface area contributed by atoms with E-state index >= 15 is 0 Å². The van der Waals surface area contributed by atoms with Crippen LogP contribution in [0.3, 0.4) is 0 Å². The van der Waals surface area contributed by atoms with E-state index in [1.807, 2.05) is 0 Å². The van der Waals surface area contributed by atoms with Gasteiger partial charge in [0.1, 0.15) is 0 Å². The zero-order chi connectivity index (χ0) is 19.7. The maximum Gasteiger partial charge on any atom is 0.416 e. The SMILES string of the molecule is CC1CN(CCCCCC=CC[SiH2]c2ccccc2C(F)(F)F)CC(C)O1. The summed E-state index contributed by atoms with van der Waals surface area (Å²) in [4.78, 5) is 2.48. The summed E-state index contributed by atoms with van der Waals surface area (Å²) in [7, 11) is -0.913. The molecule has 152 valence electrons. The highest BCUT2D eigenvalue weighted by Crippen LogP contribution is 2.27. The van der Waals surface area contributed by atoms with Gasteiger partial charge >= 0.3 is 6.18 Å². The van der Waals surface area contributed by atoms with Crippen LogP contribution in [0.15, 0.2) is 36.4 Å². The Morgan fingerprint density at radius 3 is 2.48 bits per heavy atom. The highest BCUT2D eigenvalue weighted by atomic mass is 28.2. The highest BCUT2D eigenvalue weighted by molar-refractivity contribution is 6.54. The van der Waals surface area contributed by atoms with Gasteiger partial charge in [0, 0.05) is 13.1 Å². The quantitative estimate of drug-likeness (QED) is 0.351. The lowest BCUT2D eigenvalue weighted by Crippen LogP contribution is -2.45. The van der Waals surface area contributed by atoms with Crippen molar-refractivity contribution in [2.45, 2.75) is 64.0 Å². The second-order valence-corrected chi connectivity index (χ2v) is 9.37. The number of alkyl halides is 3. The summed E-state index contributed by atoms with van der Waals surface area (Å²) in [6.45, 7) is 7.43. The summed E-state index contributed by atoms with van der Waals surface area (Å²) in [6.07, 6.45) is 5.18. The first kappa shape index (κ1) is 22.2. The van der Waals surface area contributed by atoms with Crippen molar-refractivity contribution in [3.63, 3.8) is 0 Å². The fourth-order valence-corrected chi connectivity index (χ4v) is 5.33. The van der Waals surface area contributed by atoms with Crippen molar-refractivity contribution < 1.29 is 17.9 Å². The van der Waals surface area contributed by atoms with Gasteiger partial charge in [-0.3, -0.25) is 4.90 Å². The number of benzene rings is 1. The lowest BCUT2D eigenvalue weighted by atomic mass is 10.1. The summed E-state index contributed by atoms with van der Waals surface area (Å²) in [6, 6.07) is 6.79. The molecule has 0 amide bonds. The van der Waals surface area contributed by atoms with Gasteiger partial charge in [-0.05, 0) is 45.7 Å². The van der Waals surface area contributed by atoms with E-state index in [2.05, 4.69) is 30.9 Å². The van der Waals surface area contributed by atoms with Gasteiger partial charge in [-0.15, -0.1) is 0 Å². The number of nitrogens with zero attached hydrogens (tertiary/aromatic N) is 1. The second-order valence-electron chi connectivity index (χ2n) is 7.53. The number of hydrogen-bond acceptors (Lipinski definition) is 2. The van der Waals surface area contributed by atoms with E-state index in [0.29, 0.717) is 17.4 Å². The number of unbranched alkanes of at least 4 members (excludes halogenated alkanes) is 3. The summed E-state index contributed by atoms with van der Waals surface area (Å²) in [5.74, 6) is 0. The van der Waals surface area contributed by atoms with Crippen LogP contribution in [-0.2, 0) is 10.9 Å². The smallest absolute Gasteiger partial charge is 0.373 e. The maximum absolute atomic E-state index is 13.0. The van der Waals surface area contributed by atoms with Crippen LogP contribution < -0.4 is 5.19 Å². The summed E-state index contributed by atoms with van der Waals surface area (Å²) in [5.41, 5.74) is -0.447. The Labute approximate surface area is 163 Å². The molecule has 0 N–H and O–H groups in total. The first-order valence-electron chi connectivity index (χ1n) is 10.0. The predicted octanol–water partition coefficient (Wildman–Crippen LogP) is 4.14. The lowest BCUT2D eigenvalue weighted by molar-refractivity contribution is -0.136. The molecule has 2 unspecified atom stereocenters. The molecule has 0 bridgehead atoms. The van der Waals surface area contributed by atoms with Crippen molar-refractivity contribution in [1.82, 2.24) is 4.90 Å². The fraction of sp³-hybridized carbons (Fsp3) is 0.619. The third-order valence-corrected chi connectivity index (χ3v) is 6.69. The summed E-state index contributed by atoms with van der Waals surface area (Å²) >= 11 is 0. The summed E-state index contributed by atoms with van der Waals surface area (Å²) in [5, 5.41) is 0.517. The maximum atomic E-state index is 13.0. The van der Waals surface area contributed by atoms with Gasteiger partial charge in [0.25, 0.3) is 0 Å². The molecule has 1 aromatic rings. The number of ether oxygens (including phenoxy) is 1. The van der Waals surface area contributed by atoms with E-state index in [-0.39, 0.29) is 0 Å². The van der Waals surface area contributed by atoms with Crippen LogP contribution in [0.25, 0.3) is 0 Å². The first-order valence-corrected chi connectivity index (χ1v) is 11.7. The molecule has 0 saturated carbocycles. The predicted molar refractivity (Wildman–Crippen MR) is 108 cm³/mol. The monoisotopic (exact) mass is 399 g/mol. The van der Waals surface area contributed by atoms with Gasteiger partial charge in [0.15, 0.2) is 0 Å². The fourth-order valence-electron chi connectivity index (χ4n) is 3.73. The molecule has 2 nitrogen and oxygen atoms in total. The molecule has 1 heterocycles. The van der Waals surface area contributed by atoms with Gasteiger partial charge < -0.3 is 4.74 Å². The molecule has 1 saturated heterocycles. The van der Waals surface area contributed by atoms with Crippen molar-refractivity contribution in [3.8, 4) is 0 Å². The van der Waals surface area contributed by atoms with Crippen molar-refractivity contribution in [2.75, 3.05) is 19.6 Å². The number of hydrogen-bond donors (Lipinski definition) is 0. The minimum absolute atomic E-state index is 0.323. The molecule has 1 fully saturated rings. The van der Waals surface area contributed by atoms with Crippen molar-refractivity contribution in [2.24, 2.45) is 0 Å². The van der Waals surface area contributed by atoms with Crippen LogP contribution >= 0.6 is 0 Å². The van der Waals surface area contributed by atoms with Crippen LogP contribution in [-0.4, -0.2) is 46.3 Å². The van der Waals surface area contributed by atoms with Crippen molar-refractivity contribution in [1.29, 1.82) is 0 Å². The average Bonchev–Trinajstić information content (AvgIpc) is 2.59. The molecular weight excluding hydrogens is 367 g/mol. The normalized spacial score (nSPS) is 22.3. The molecule has 1 aromatic carbocycles. The zero-order valence-corrected chi connectivity index (χ0v) is 17.9. The number of morpholine rings is 1. The molecule has 1 aliphatic rings. The number of rotatable bonds is 9. The number of allylic oxidation sites excluding steroid dienone is 2. The van der Waals surface area contributed by atoms with Crippen LogP contribution in [0.2, 0.25) is 6.04 Å². The van der Waals surface area contributed by atoms with Crippen molar-refractivity contribution in [3.05, 3.63) is 42.0 Å². The molecule has 0 aromatic heterocycles. The Hall–Kier alpha value is -1.11.